The van der Waals surface area contributed by atoms with E-state index in [2.05, 4.69) is 5.09 Å². The van der Waals surface area contributed by atoms with Gasteiger partial charge in [0.25, 0.3) is 0 Å². The zero-order chi connectivity index (χ0) is 17.1. The molecule has 0 aliphatic rings. The van der Waals surface area contributed by atoms with E-state index in [-0.39, 0.29) is 11.9 Å². The molecule has 0 amide bonds. The summed E-state index contributed by atoms with van der Waals surface area (Å²) in [5, 5.41) is 3.82. The minimum absolute atomic E-state index is 0.0825. The van der Waals surface area contributed by atoms with E-state index in [1.165, 1.54) is 12.1 Å². The van der Waals surface area contributed by atoms with Gasteiger partial charge in [0.1, 0.15) is 5.82 Å². The predicted octanol–water partition coefficient (Wildman–Crippen LogP) is 5.27. The van der Waals surface area contributed by atoms with E-state index >= 15 is 0 Å². The lowest BCUT2D eigenvalue weighted by Gasteiger charge is -2.35. The van der Waals surface area contributed by atoms with Crippen molar-refractivity contribution in [1.29, 1.82) is 0 Å². The Morgan fingerprint density at radius 3 is 2.09 bits per heavy atom. The summed E-state index contributed by atoms with van der Waals surface area (Å²) < 4.78 is 27.0. The van der Waals surface area contributed by atoms with Crippen molar-refractivity contribution >= 4 is 12.6 Å². The summed E-state index contributed by atoms with van der Waals surface area (Å²) in [5.74, 6) is -0.259. The molecule has 0 bridgehead atoms. The van der Waals surface area contributed by atoms with Gasteiger partial charge in [-0.3, -0.25) is 5.09 Å². The van der Waals surface area contributed by atoms with Crippen LogP contribution in [0.25, 0.3) is 0 Å². The molecule has 0 aliphatic carbocycles. The molecule has 2 atom stereocenters. The number of hydrogen-bond acceptors (Lipinski definition) is 1. The highest BCUT2D eigenvalue weighted by atomic mass is 31.2. The van der Waals surface area contributed by atoms with Gasteiger partial charge in [-0.25, -0.2) is 4.39 Å². The summed E-state index contributed by atoms with van der Waals surface area (Å²) >= 11 is 0. The Morgan fingerprint density at radius 2 is 1.61 bits per heavy atom. The van der Waals surface area contributed by atoms with Gasteiger partial charge in [-0.05, 0) is 24.1 Å². The molecule has 2 unspecified atom stereocenters. The van der Waals surface area contributed by atoms with Crippen LogP contribution in [0.2, 0.25) is 0 Å². The Bertz CT molecular complexity index is 677. The fourth-order valence-corrected chi connectivity index (χ4v) is 5.28. The van der Waals surface area contributed by atoms with Gasteiger partial charge >= 0.3 is 0 Å². The van der Waals surface area contributed by atoms with Gasteiger partial charge in [-0.1, -0.05) is 70.2 Å². The highest BCUT2D eigenvalue weighted by Crippen LogP contribution is 2.54. The minimum Gasteiger partial charge on any atom is -0.301 e. The lowest BCUT2D eigenvalue weighted by atomic mass is 10.1. The molecule has 2 aromatic carbocycles. The third kappa shape index (κ3) is 3.91. The Labute approximate surface area is 138 Å². The molecule has 0 spiro atoms. The Balaban J connectivity index is 2.41. The monoisotopic (exact) mass is 333 g/mol. The first-order chi connectivity index (χ1) is 10.8. The van der Waals surface area contributed by atoms with Gasteiger partial charge < -0.3 is 4.57 Å². The van der Waals surface area contributed by atoms with E-state index in [0.717, 1.165) is 17.3 Å². The Morgan fingerprint density at radius 1 is 1.04 bits per heavy atom. The third-order valence-electron chi connectivity index (χ3n) is 4.08. The Hall–Kier alpha value is -1.44. The third-order valence-corrected chi connectivity index (χ3v) is 7.67. The molecule has 0 saturated heterocycles. The van der Waals surface area contributed by atoms with E-state index in [0.29, 0.717) is 0 Å². The van der Waals surface area contributed by atoms with Crippen LogP contribution in [0.3, 0.4) is 0 Å². The normalized spacial score (nSPS) is 15.9. The van der Waals surface area contributed by atoms with E-state index in [4.69, 9.17) is 0 Å². The first-order valence-corrected chi connectivity index (χ1v) is 9.67. The maximum absolute atomic E-state index is 13.9. The fourth-order valence-electron chi connectivity index (χ4n) is 2.61. The fraction of sp³-hybridized carbons (Fsp3) is 0.368. The topological polar surface area (TPSA) is 29.1 Å². The number of benzene rings is 2. The molecule has 0 saturated carbocycles. The van der Waals surface area contributed by atoms with Gasteiger partial charge in [-0.15, -0.1) is 0 Å². The van der Waals surface area contributed by atoms with Crippen LogP contribution in [0.5, 0.6) is 0 Å². The molecular weight excluding hydrogens is 308 g/mol. The molecular formula is C19H25FNOP. The van der Waals surface area contributed by atoms with Crippen LogP contribution in [-0.4, -0.2) is 5.16 Å². The van der Waals surface area contributed by atoms with Gasteiger partial charge in [0, 0.05) is 16.5 Å². The van der Waals surface area contributed by atoms with E-state index in [1.807, 2.05) is 58.0 Å². The summed E-state index contributed by atoms with van der Waals surface area (Å²) in [5.41, 5.74) is 0.953. The molecule has 124 valence electrons. The van der Waals surface area contributed by atoms with Crippen molar-refractivity contribution in [3.8, 4) is 0 Å². The molecule has 0 heterocycles. The second-order valence-corrected chi connectivity index (χ2v) is 10.1. The summed E-state index contributed by atoms with van der Waals surface area (Å²) in [7, 11) is -2.85. The largest absolute Gasteiger partial charge is 0.301 e. The van der Waals surface area contributed by atoms with Crippen molar-refractivity contribution in [3.05, 3.63) is 66.0 Å². The van der Waals surface area contributed by atoms with Crippen LogP contribution in [0, 0.1) is 5.82 Å². The predicted molar refractivity (Wildman–Crippen MR) is 96.0 cm³/mol. The van der Waals surface area contributed by atoms with Gasteiger partial charge in [-0.2, -0.15) is 0 Å². The zero-order valence-corrected chi connectivity index (χ0v) is 15.1. The highest BCUT2D eigenvalue weighted by molar-refractivity contribution is 7.71. The van der Waals surface area contributed by atoms with Crippen LogP contribution in [0.4, 0.5) is 4.39 Å². The van der Waals surface area contributed by atoms with Gasteiger partial charge in [0.15, 0.2) is 7.29 Å². The molecule has 23 heavy (non-hydrogen) atoms. The number of rotatable bonds is 5. The summed E-state index contributed by atoms with van der Waals surface area (Å²) in [6.07, 6.45) is 0.776. The lowest BCUT2D eigenvalue weighted by Crippen LogP contribution is -2.34. The minimum atomic E-state index is -2.85. The lowest BCUT2D eigenvalue weighted by molar-refractivity contribution is 0.522. The second-order valence-electron chi connectivity index (χ2n) is 6.76. The van der Waals surface area contributed by atoms with Gasteiger partial charge in [0.2, 0.25) is 0 Å². The van der Waals surface area contributed by atoms with Crippen LogP contribution >= 0.6 is 7.29 Å². The molecule has 2 aromatic rings. The van der Waals surface area contributed by atoms with Crippen molar-refractivity contribution in [3.63, 3.8) is 0 Å². The van der Waals surface area contributed by atoms with E-state index < -0.39 is 12.4 Å². The standard InChI is InChI=1S/C19H25FNOP/c1-5-18(15-11-13-16(20)14-12-15)21-23(22,19(2,3)4)17-9-7-6-8-10-17/h6-14,18H,5H2,1-4H3,(H,21,22). The maximum atomic E-state index is 13.9. The number of halogens is 1. The summed E-state index contributed by atoms with van der Waals surface area (Å²) in [6.45, 7) is 8.01. The second kappa shape index (κ2) is 6.98. The molecule has 2 nitrogen and oxygen atoms in total. The molecule has 0 radical (unpaired) electrons. The summed E-state index contributed by atoms with van der Waals surface area (Å²) in [4.78, 5) is 0. The molecule has 1 N–H and O–H groups in total. The average molecular weight is 333 g/mol. The van der Waals surface area contributed by atoms with Crippen molar-refractivity contribution in [2.24, 2.45) is 0 Å². The Kier molecular flexibility index (Phi) is 5.44. The molecule has 2 rings (SSSR count). The first-order valence-electron chi connectivity index (χ1n) is 7.97. The average Bonchev–Trinajstić information content (AvgIpc) is 2.53. The smallest absolute Gasteiger partial charge is 0.181 e. The van der Waals surface area contributed by atoms with Crippen LogP contribution in [0.1, 0.15) is 45.7 Å². The van der Waals surface area contributed by atoms with Crippen LogP contribution in [0.15, 0.2) is 54.6 Å². The highest BCUT2D eigenvalue weighted by Gasteiger charge is 2.39. The van der Waals surface area contributed by atoms with Crippen molar-refractivity contribution in [2.45, 2.75) is 45.3 Å². The van der Waals surface area contributed by atoms with Crippen LogP contribution in [-0.2, 0) is 4.57 Å². The van der Waals surface area contributed by atoms with Crippen molar-refractivity contribution in [2.75, 3.05) is 0 Å². The molecule has 4 heteroatoms. The van der Waals surface area contributed by atoms with E-state index in [1.54, 1.807) is 12.1 Å². The molecule has 0 fully saturated rings. The zero-order valence-electron chi connectivity index (χ0n) is 14.2. The number of nitrogens with one attached hydrogen (secondary N) is 1. The SMILES string of the molecule is CCC(NP(=O)(c1ccccc1)C(C)(C)C)c1ccc(F)cc1. The van der Waals surface area contributed by atoms with Gasteiger partial charge in [0.05, 0.1) is 0 Å². The maximum Gasteiger partial charge on any atom is 0.181 e. The quantitative estimate of drug-likeness (QED) is 0.755. The van der Waals surface area contributed by atoms with E-state index in [9.17, 15) is 8.96 Å². The van der Waals surface area contributed by atoms with Crippen molar-refractivity contribution < 1.29 is 8.96 Å². The first kappa shape index (κ1) is 17.9. The molecule has 0 aliphatic heterocycles. The summed E-state index contributed by atoms with van der Waals surface area (Å²) in [6, 6.07) is 15.9. The van der Waals surface area contributed by atoms with Crippen LogP contribution < -0.4 is 10.4 Å². The molecule has 0 aromatic heterocycles. The number of hydrogen-bond donors (Lipinski definition) is 1. The van der Waals surface area contributed by atoms with Crippen molar-refractivity contribution in [1.82, 2.24) is 5.09 Å².